The van der Waals surface area contributed by atoms with Crippen LogP contribution in [0.4, 0.5) is 11.4 Å². The summed E-state index contributed by atoms with van der Waals surface area (Å²) in [5.41, 5.74) is -0.888. The van der Waals surface area contributed by atoms with E-state index in [1.165, 1.54) is 25.1 Å². The van der Waals surface area contributed by atoms with Crippen molar-refractivity contribution >= 4 is 28.9 Å². The predicted octanol–water partition coefficient (Wildman–Crippen LogP) is 2.88. The van der Waals surface area contributed by atoms with Gasteiger partial charge in [-0.2, -0.15) is 10.4 Å². The largest absolute Gasteiger partial charge is 0.493 e. The highest BCUT2D eigenvalue weighted by molar-refractivity contribution is 6.33. The molecule has 2 aromatic rings. The van der Waals surface area contributed by atoms with Crippen molar-refractivity contribution in [3.8, 4) is 11.9 Å². The van der Waals surface area contributed by atoms with Crippen LogP contribution >= 0.6 is 11.6 Å². The Morgan fingerprint density at radius 3 is 2.67 bits per heavy atom. The van der Waals surface area contributed by atoms with Crippen LogP contribution in [0.25, 0.3) is 0 Å². The van der Waals surface area contributed by atoms with Crippen LogP contribution in [0.3, 0.4) is 0 Å². The number of aromatic nitrogens is 1. The van der Waals surface area contributed by atoms with E-state index in [0.29, 0.717) is 0 Å². The van der Waals surface area contributed by atoms with Crippen LogP contribution in [-0.2, 0) is 6.54 Å². The fourth-order valence-electron chi connectivity index (χ4n) is 2.34. The Hall–Kier alpha value is -3.22. The number of aliphatic hydroxyl groups excluding tert-OH is 1. The molecule has 0 aliphatic carbocycles. The van der Waals surface area contributed by atoms with Crippen molar-refractivity contribution in [2.24, 2.45) is 10.2 Å². The third-order valence-corrected chi connectivity index (χ3v) is 4.08. The molecule has 140 valence electrons. The number of benzene rings is 1. The first-order valence-corrected chi connectivity index (χ1v) is 8.11. The monoisotopic (exact) mass is 390 g/mol. The number of nitrogens with zero attached hydrogens (tertiary/aromatic N) is 4. The summed E-state index contributed by atoms with van der Waals surface area (Å²) in [5, 5.41) is 45.1. The topological polar surface area (TPSA) is 148 Å². The van der Waals surface area contributed by atoms with Gasteiger partial charge < -0.3 is 15.3 Å². The van der Waals surface area contributed by atoms with E-state index in [-0.39, 0.29) is 52.7 Å². The van der Waals surface area contributed by atoms with E-state index in [9.17, 15) is 20.0 Å². The lowest BCUT2D eigenvalue weighted by atomic mass is 10.1. The van der Waals surface area contributed by atoms with Gasteiger partial charge in [-0.3, -0.25) is 9.36 Å². The number of aromatic hydroxyl groups is 1. The Morgan fingerprint density at radius 2 is 2.07 bits per heavy atom. The average molecular weight is 391 g/mol. The van der Waals surface area contributed by atoms with E-state index in [0.717, 1.165) is 4.57 Å². The molecule has 0 atom stereocenters. The van der Waals surface area contributed by atoms with E-state index >= 15 is 0 Å². The van der Waals surface area contributed by atoms with Crippen LogP contribution in [0.2, 0.25) is 5.02 Å². The molecular formula is C17H15ClN4O5. The van der Waals surface area contributed by atoms with Crippen molar-refractivity contribution < 1.29 is 20.1 Å². The summed E-state index contributed by atoms with van der Waals surface area (Å²) in [4.78, 5) is 23.7. The summed E-state index contributed by atoms with van der Waals surface area (Å²) < 4.78 is 0.931. The number of hydrogen-bond donors (Lipinski definition) is 3. The van der Waals surface area contributed by atoms with Crippen molar-refractivity contribution in [3.63, 3.8) is 0 Å². The molecule has 0 fully saturated rings. The van der Waals surface area contributed by atoms with E-state index in [1.807, 2.05) is 6.07 Å². The second kappa shape index (κ2) is 8.44. The molecule has 2 rings (SSSR count). The van der Waals surface area contributed by atoms with Gasteiger partial charge in [0, 0.05) is 18.7 Å². The molecule has 0 radical (unpaired) electrons. The van der Waals surface area contributed by atoms with E-state index < -0.39 is 17.4 Å². The van der Waals surface area contributed by atoms with Gasteiger partial charge in [0.2, 0.25) is 5.88 Å². The lowest BCUT2D eigenvalue weighted by Crippen LogP contribution is -2.22. The first-order valence-electron chi connectivity index (χ1n) is 7.73. The normalized spacial score (nSPS) is 10.9. The average Bonchev–Trinajstić information content (AvgIpc) is 2.63. The van der Waals surface area contributed by atoms with E-state index in [1.54, 1.807) is 0 Å². The Balaban J connectivity index is 2.57. The highest BCUT2D eigenvalue weighted by Crippen LogP contribution is 2.28. The molecule has 0 spiro atoms. The van der Waals surface area contributed by atoms with Gasteiger partial charge in [-0.25, -0.2) is 4.79 Å². The number of aromatic carboxylic acids is 1. The maximum Gasteiger partial charge on any atom is 0.337 e. The van der Waals surface area contributed by atoms with Crippen molar-refractivity contribution in [2.45, 2.75) is 19.9 Å². The van der Waals surface area contributed by atoms with Crippen LogP contribution in [0.1, 0.15) is 27.9 Å². The van der Waals surface area contributed by atoms with Gasteiger partial charge in [-0.15, -0.1) is 5.11 Å². The van der Waals surface area contributed by atoms with Crippen LogP contribution in [-0.4, -0.2) is 32.5 Å². The van der Waals surface area contributed by atoms with Crippen molar-refractivity contribution in [3.05, 3.63) is 50.3 Å². The van der Waals surface area contributed by atoms with Gasteiger partial charge in [-0.05, 0) is 31.5 Å². The Morgan fingerprint density at radius 1 is 1.37 bits per heavy atom. The molecule has 0 aliphatic heterocycles. The number of carbonyl (C=O) groups is 1. The Labute approximate surface area is 158 Å². The molecule has 1 heterocycles. The SMILES string of the molecule is Cc1c(C#N)c(O)n(CCCO)c(=O)c1N=Nc1ccc(Cl)c(C(=O)O)c1. The number of rotatable bonds is 6. The number of pyridine rings is 1. The highest BCUT2D eigenvalue weighted by atomic mass is 35.5. The van der Waals surface area contributed by atoms with Crippen LogP contribution < -0.4 is 5.56 Å². The molecule has 3 N–H and O–H groups in total. The highest BCUT2D eigenvalue weighted by Gasteiger charge is 2.19. The minimum Gasteiger partial charge on any atom is -0.493 e. The first kappa shape index (κ1) is 20.1. The Bertz CT molecular complexity index is 1020. The molecule has 1 aromatic heterocycles. The lowest BCUT2D eigenvalue weighted by Gasteiger charge is -2.12. The molecule has 0 amide bonds. The standard InChI is InChI=1S/C17H15ClN4O5/c1-9-12(8-19)15(24)22(5-2-6-23)16(25)14(9)21-20-10-3-4-13(18)11(7-10)17(26)27/h3-4,7,23-24H,2,5-6H2,1H3,(H,26,27). The van der Waals surface area contributed by atoms with E-state index in [4.69, 9.17) is 21.8 Å². The van der Waals surface area contributed by atoms with Gasteiger partial charge in [0.05, 0.1) is 16.3 Å². The predicted molar refractivity (Wildman–Crippen MR) is 96.1 cm³/mol. The van der Waals surface area contributed by atoms with Gasteiger partial charge >= 0.3 is 5.97 Å². The number of aliphatic hydroxyl groups is 1. The van der Waals surface area contributed by atoms with Crippen molar-refractivity contribution in [1.29, 1.82) is 5.26 Å². The smallest absolute Gasteiger partial charge is 0.337 e. The fraction of sp³-hybridized carbons (Fsp3) is 0.235. The summed E-state index contributed by atoms with van der Waals surface area (Å²) in [6.45, 7) is 1.22. The first-order chi connectivity index (χ1) is 12.8. The molecule has 0 unspecified atom stereocenters. The second-order valence-corrected chi connectivity index (χ2v) is 5.89. The maximum absolute atomic E-state index is 12.6. The molecule has 0 saturated heterocycles. The number of carboxylic acid groups (broad SMARTS) is 1. The molecule has 0 saturated carbocycles. The molecule has 27 heavy (non-hydrogen) atoms. The zero-order chi connectivity index (χ0) is 20.1. The zero-order valence-electron chi connectivity index (χ0n) is 14.2. The molecule has 0 aliphatic rings. The summed E-state index contributed by atoms with van der Waals surface area (Å²) >= 11 is 5.79. The number of halogens is 1. The number of nitriles is 1. The van der Waals surface area contributed by atoms with Crippen LogP contribution in [0, 0.1) is 18.3 Å². The maximum atomic E-state index is 12.6. The van der Waals surface area contributed by atoms with Gasteiger partial charge in [0.15, 0.2) is 5.69 Å². The van der Waals surface area contributed by atoms with Gasteiger partial charge in [0.25, 0.3) is 5.56 Å². The van der Waals surface area contributed by atoms with Crippen molar-refractivity contribution in [1.82, 2.24) is 4.57 Å². The summed E-state index contributed by atoms with van der Waals surface area (Å²) in [5.74, 6) is -1.75. The molecule has 1 aromatic carbocycles. The van der Waals surface area contributed by atoms with Crippen LogP contribution in [0.15, 0.2) is 33.2 Å². The second-order valence-electron chi connectivity index (χ2n) is 5.49. The van der Waals surface area contributed by atoms with E-state index in [2.05, 4.69) is 10.2 Å². The fourth-order valence-corrected chi connectivity index (χ4v) is 2.54. The number of hydrogen-bond acceptors (Lipinski definition) is 7. The zero-order valence-corrected chi connectivity index (χ0v) is 14.9. The minimum absolute atomic E-state index is 0.0112. The number of carboxylic acids is 1. The molecule has 9 nitrogen and oxygen atoms in total. The molecule has 0 bridgehead atoms. The molecular weight excluding hydrogens is 376 g/mol. The van der Waals surface area contributed by atoms with Crippen molar-refractivity contribution in [2.75, 3.05) is 6.61 Å². The Kier molecular flexibility index (Phi) is 6.28. The quantitative estimate of drug-likeness (QED) is 0.645. The lowest BCUT2D eigenvalue weighted by molar-refractivity contribution is 0.0697. The summed E-state index contributed by atoms with van der Waals surface area (Å²) in [6.07, 6.45) is 0.192. The summed E-state index contributed by atoms with van der Waals surface area (Å²) in [7, 11) is 0. The number of azo groups is 1. The minimum atomic E-state index is -1.24. The molecule has 10 heteroatoms. The third-order valence-electron chi connectivity index (χ3n) is 3.75. The van der Waals surface area contributed by atoms with Gasteiger partial charge in [0.1, 0.15) is 11.6 Å². The third kappa shape index (κ3) is 4.13. The summed E-state index contributed by atoms with van der Waals surface area (Å²) in [6, 6.07) is 5.76. The van der Waals surface area contributed by atoms with Crippen LogP contribution in [0.5, 0.6) is 5.88 Å². The van der Waals surface area contributed by atoms with Gasteiger partial charge in [-0.1, -0.05) is 11.6 Å².